The van der Waals surface area contributed by atoms with Crippen LogP contribution in [0.3, 0.4) is 0 Å². The molecule has 0 aromatic heterocycles. The number of phenolic OH excluding ortho intramolecular Hbond substituents is 1. The van der Waals surface area contributed by atoms with Gasteiger partial charge in [-0.2, -0.15) is 0 Å². The second-order valence-electron chi connectivity index (χ2n) is 4.64. The van der Waals surface area contributed by atoms with E-state index in [1.165, 1.54) is 12.5 Å². The molecular formula is C15H20O3. The molecule has 0 spiro atoms. The van der Waals surface area contributed by atoms with Crippen molar-refractivity contribution in [3.8, 4) is 11.5 Å². The predicted molar refractivity (Wildman–Crippen MR) is 69.8 cm³/mol. The van der Waals surface area contributed by atoms with Crippen LogP contribution in [0, 0.1) is 5.92 Å². The molecule has 0 bridgehead atoms. The quantitative estimate of drug-likeness (QED) is 0.563. The summed E-state index contributed by atoms with van der Waals surface area (Å²) in [5.74, 6) is 0.910. The second-order valence-corrected chi connectivity index (χ2v) is 4.64. The van der Waals surface area contributed by atoms with Gasteiger partial charge < -0.3 is 9.84 Å². The highest BCUT2D eigenvalue weighted by molar-refractivity contribution is 5.79. The van der Waals surface area contributed by atoms with Crippen LogP contribution in [0.15, 0.2) is 18.2 Å². The van der Waals surface area contributed by atoms with Gasteiger partial charge in [0.1, 0.15) is 11.5 Å². The average Bonchev–Trinajstić information content (AvgIpc) is 2.41. The van der Waals surface area contributed by atoms with Crippen LogP contribution in [0.1, 0.15) is 51.0 Å². The van der Waals surface area contributed by atoms with Crippen LogP contribution in [-0.2, 0) is 4.79 Å². The fourth-order valence-corrected chi connectivity index (χ4v) is 2.89. The molecule has 1 aliphatic carbocycles. The van der Waals surface area contributed by atoms with Crippen LogP contribution in [0.5, 0.6) is 11.5 Å². The highest BCUT2D eigenvalue weighted by atomic mass is 16.5. The van der Waals surface area contributed by atoms with Gasteiger partial charge in [-0.15, -0.1) is 0 Å². The van der Waals surface area contributed by atoms with E-state index >= 15 is 0 Å². The van der Waals surface area contributed by atoms with Crippen molar-refractivity contribution in [1.29, 1.82) is 0 Å². The van der Waals surface area contributed by atoms with Crippen molar-refractivity contribution in [2.45, 2.75) is 45.4 Å². The van der Waals surface area contributed by atoms with Gasteiger partial charge in [-0.05, 0) is 24.5 Å². The summed E-state index contributed by atoms with van der Waals surface area (Å²) in [6.45, 7) is 4.00. The number of ether oxygens (including phenoxy) is 1. The molecule has 1 aromatic rings. The first-order valence-electron chi connectivity index (χ1n) is 6.80. The van der Waals surface area contributed by atoms with Gasteiger partial charge in [-0.3, -0.25) is 4.79 Å². The Morgan fingerprint density at radius 2 is 1.83 bits per heavy atom. The first-order chi connectivity index (χ1) is 8.75. The lowest BCUT2D eigenvalue weighted by Crippen LogP contribution is -2.33. The van der Waals surface area contributed by atoms with Gasteiger partial charge in [0.15, 0.2) is 0 Å². The third kappa shape index (κ3) is 2.22. The highest BCUT2D eigenvalue weighted by Gasteiger charge is 2.38. The van der Waals surface area contributed by atoms with Gasteiger partial charge in [0.2, 0.25) is 0 Å². The molecule has 98 valence electrons. The monoisotopic (exact) mass is 248 g/mol. The zero-order valence-corrected chi connectivity index (χ0v) is 11.0. The Morgan fingerprint density at radius 3 is 2.56 bits per heavy atom. The van der Waals surface area contributed by atoms with E-state index in [1.54, 1.807) is 6.07 Å². The molecule has 1 saturated carbocycles. The molecule has 0 amide bonds. The van der Waals surface area contributed by atoms with E-state index in [4.69, 9.17) is 4.74 Å². The van der Waals surface area contributed by atoms with Crippen LogP contribution in [0.2, 0.25) is 0 Å². The van der Waals surface area contributed by atoms with Crippen molar-refractivity contribution in [3.05, 3.63) is 23.8 Å². The van der Waals surface area contributed by atoms with E-state index in [0.717, 1.165) is 24.8 Å². The van der Waals surface area contributed by atoms with Crippen molar-refractivity contribution in [3.63, 3.8) is 0 Å². The van der Waals surface area contributed by atoms with Crippen molar-refractivity contribution in [1.82, 2.24) is 0 Å². The van der Waals surface area contributed by atoms with Gasteiger partial charge >= 0.3 is 5.97 Å². The standard InChI is InChI=1S/C13H14O3.C2H6/c14-8-5-6-10-9-3-1-2-4-11(9)13(15)16-12(10)7-8;1-2/h5-7,9,11,14H,1-4H2;1-2H3. The van der Waals surface area contributed by atoms with Gasteiger partial charge in [-0.1, -0.05) is 32.8 Å². The number of hydrogen-bond acceptors (Lipinski definition) is 3. The molecule has 0 radical (unpaired) electrons. The largest absolute Gasteiger partial charge is 0.508 e. The second kappa shape index (κ2) is 5.42. The summed E-state index contributed by atoms with van der Waals surface area (Å²) >= 11 is 0. The van der Waals surface area contributed by atoms with Gasteiger partial charge in [0.25, 0.3) is 0 Å². The molecule has 1 aliphatic heterocycles. The number of phenols is 1. The number of fused-ring (bicyclic) bond motifs is 3. The summed E-state index contributed by atoms with van der Waals surface area (Å²) in [6, 6.07) is 5.10. The molecule has 1 heterocycles. The number of esters is 1. The summed E-state index contributed by atoms with van der Waals surface area (Å²) in [5, 5.41) is 9.38. The summed E-state index contributed by atoms with van der Waals surface area (Å²) < 4.78 is 5.28. The van der Waals surface area contributed by atoms with E-state index < -0.39 is 0 Å². The van der Waals surface area contributed by atoms with E-state index in [-0.39, 0.29) is 17.6 Å². The molecule has 3 rings (SSSR count). The lowest BCUT2D eigenvalue weighted by atomic mass is 9.74. The molecule has 18 heavy (non-hydrogen) atoms. The summed E-state index contributed by atoms with van der Waals surface area (Å²) in [5.41, 5.74) is 1.09. The van der Waals surface area contributed by atoms with Crippen LogP contribution in [0.25, 0.3) is 0 Å². The number of rotatable bonds is 0. The van der Waals surface area contributed by atoms with E-state index in [0.29, 0.717) is 11.7 Å². The minimum atomic E-state index is -0.122. The highest BCUT2D eigenvalue weighted by Crippen LogP contribution is 2.46. The molecule has 1 aromatic carbocycles. The Kier molecular flexibility index (Phi) is 3.90. The topological polar surface area (TPSA) is 46.5 Å². The summed E-state index contributed by atoms with van der Waals surface area (Å²) in [7, 11) is 0. The summed E-state index contributed by atoms with van der Waals surface area (Å²) in [6.07, 6.45) is 4.28. The maximum Gasteiger partial charge on any atom is 0.314 e. The van der Waals surface area contributed by atoms with Crippen molar-refractivity contribution < 1.29 is 14.6 Å². The van der Waals surface area contributed by atoms with Crippen LogP contribution in [0.4, 0.5) is 0 Å². The van der Waals surface area contributed by atoms with Gasteiger partial charge in [0.05, 0.1) is 5.92 Å². The smallest absolute Gasteiger partial charge is 0.314 e. The summed E-state index contributed by atoms with van der Waals surface area (Å²) in [4.78, 5) is 11.8. The number of benzene rings is 1. The minimum Gasteiger partial charge on any atom is -0.508 e. The molecule has 0 saturated heterocycles. The first-order valence-corrected chi connectivity index (χ1v) is 6.80. The van der Waals surface area contributed by atoms with Crippen molar-refractivity contribution in [2.75, 3.05) is 0 Å². The normalized spacial score (nSPS) is 25.1. The Bertz CT molecular complexity index is 439. The Balaban J connectivity index is 0.000000574. The van der Waals surface area contributed by atoms with Gasteiger partial charge in [0, 0.05) is 12.0 Å². The van der Waals surface area contributed by atoms with Crippen molar-refractivity contribution >= 4 is 5.97 Å². The Hall–Kier alpha value is -1.51. The molecule has 3 heteroatoms. The Labute approximate surface area is 108 Å². The lowest BCUT2D eigenvalue weighted by Gasteiger charge is -2.35. The van der Waals surface area contributed by atoms with Crippen LogP contribution in [-0.4, -0.2) is 11.1 Å². The zero-order chi connectivity index (χ0) is 13.1. The molecule has 1 N–H and O–H groups in total. The lowest BCUT2D eigenvalue weighted by molar-refractivity contribution is -0.142. The van der Waals surface area contributed by atoms with E-state index in [1.807, 2.05) is 19.9 Å². The maximum absolute atomic E-state index is 11.8. The van der Waals surface area contributed by atoms with Crippen molar-refractivity contribution in [2.24, 2.45) is 5.92 Å². The zero-order valence-electron chi connectivity index (χ0n) is 11.0. The fraction of sp³-hybridized carbons (Fsp3) is 0.533. The SMILES string of the molecule is CC.O=C1Oc2cc(O)ccc2C2CCCCC12. The number of carbonyl (C=O) groups excluding carboxylic acids is 1. The average molecular weight is 248 g/mol. The molecule has 2 atom stereocenters. The molecule has 3 nitrogen and oxygen atoms in total. The molecule has 1 fully saturated rings. The number of hydrogen-bond donors (Lipinski definition) is 1. The van der Waals surface area contributed by atoms with Crippen LogP contribution >= 0.6 is 0 Å². The number of carbonyl (C=O) groups is 1. The van der Waals surface area contributed by atoms with E-state index in [2.05, 4.69) is 0 Å². The predicted octanol–water partition coefficient (Wildman–Crippen LogP) is 3.61. The molecular weight excluding hydrogens is 228 g/mol. The third-order valence-electron chi connectivity index (χ3n) is 3.68. The third-order valence-corrected chi connectivity index (χ3v) is 3.68. The van der Waals surface area contributed by atoms with Crippen LogP contribution < -0.4 is 4.74 Å². The molecule has 2 unspecified atom stereocenters. The Morgan fingerprint density at radius 1 is 1.17 bits per heavy atom. The van der Waals surface area contributed by atoms with Gasteiger partial charge in [-0.25, -0.2) is 0 Å². The maximum atomic E-state index is 11.8. The minimum absolute atomic E-state index is 0.0331. The number of aromatic hydroxyl groups is 1. The van der Waals surface area contributed by atoms with E-state index in [9.17, 15) is 9.90 Å². The first kappa shape index (κ1) is 12.9. The molecule has 2 aliphatic rings. The fourth-order valence-electron chi connectivity index (χ4n) is 2.89.